The summed E-state index contributed by atoms with van der Waals surface area (Å²) >= 11 is 0. The largest absolute Gasteiger partial charge is 0.494 e. The van der Waals surface area contributed by atoms with E-state index in [4.69, 9.17) is 4.74 Å². The van der Waals surface area contributed by atoms with Crippen molar-refractivity contribution in [2.75, 3.05) is 6.61 Å². The van der Waals surface area contributed by atoms with E-state index < -0.39 is 0 Å². The van der Waals surface area contributed by atoms with Crippen LogP contribution in [0.25, 0.3) is 11.1 Å². The lowest BCUT2D eigenvalue weighted by molar-refractivity contribution is 0.223. The number of rotatable bonds is 18. The van der Waals surface area contributed by atoms with Gasteiger partial charge in [0, 0.05) is 0 Å². The molecule has 2 aromatic rings. The highest BCUT2D eigenvalue weighted by molar-refractivity contribution is 5.64. The molecule has 1 aliphatic carbocycles. The summed E-state index contributed by atoms with van der Waals surface area (Å²) in [6, 6.07) is 20.5. The first-order valence-electron chi connectivity index (χ1n) is 15.9. The highest BCUT2D eigenvalue weighted by Gasteiger charge is 2.35. The number of ether oxygens (including phenoxy) is 1. The van der Waals surface area contributed by atoms with Crippen LogP contribution >= 0.6 is 0 Å². The van der Waals surface area contributed by atoms with Gasteiger partial charge in [-0.15, -0.1) is 0 Å². The number of benzene rings is 2. The summed E-state index contributed by atoms with van der Waals surface area (Å²) in [5, 5.41) is 9.99. The van der Waals surface area contributed by atoms with Crippen molar-refractivity contribution in [1.82, 2.24) is 0 Å². The Morgan fingerprint density at radius 2 is 1.18 bits per heavy atom. The maximum absolute atomic E-state index is 9.99. The highest BCUT2D eigenvalue weighted by Crippen LogP contribution is 2.46. The lowest BCUT2D eigenvalue weighted by Crippen LogP contribution is -2.25. The standard InChI is InChI=1S/C36H53NO/c1-3-5-7-9-11-12-14-26-36(30-37)27-24-34(25-28-36)32-18-16-31(17-19-32)33-20-22-35(23-21-33)38-29-15-13-10-8-6-4-2/h16-23,34H,3-15,24-29H2,1-2H3/t34-,36-. The monoisotopic (exact) mass is 515 g/mol. The topological polar surface area (TPSA) is 33.0 Å². The SMILES string of the molecule is CCCCCCCCC[C@]1(C#N)CC[C@H](c2ccc(-c3ccc(OCCCCCCCC)cc3)cc2)CC1. The summed E-state index contributed by atoms with van der Waals surface area (Å²) in [5.41, 5.74) is 3.87. The van der Waals surface area contributed by atoms with E-state index in [0.717, 1.165) is 50.9 Å². The summed E-state index contributed by atoms with van der Waals surface area (Å²) in [6.07, 6.45) is 22.5. The molecular weight excluding hydrogens is 462 g/mol. The molecule has 0 heterocycles. The van der Waals surface area contributed by atoms with Crippen LogP contribution in [0, 0.1) is 16.7 Å². The second-order valence-corrected chi connectivity index (χ2v) is 11.8. The number of hydrogen-bond acceptors (Lipinski definition) is 2. The van der Waals surface area contributed by atoms with Gasteiger partial charge in [-0.1, -0.05) is 127 Å². The van der Waals surface area contributed by atoms with Crippen molar-refractivity contribution in [2.24, 2.45) is 5.41 Å². The van der Waals surface area contributed by atoms with Crippen molar-refractivity contribution < 1.29 is 4.74 Å². The van der Waals surface area contributed by atoms with Gasteiger partial charge in [0.05, 0.1) is 18.1 Å². The van der Waals surface area contributed by atoms with E-state index in [1.54, 1.807) is 0 Å². The molecule has 1 aliphatic rings. The Morgan fingerprint density at radius 1 is 0.684 bits per heavy atom. The number of nitrogens with zero attached hydrogens (tertiary/aromatic N) is 1. The third-order valence-corrected chi connectivity index (χ3v) is 8.78. The van der Waals surface area contributed by atoms with Crippen molar-refractivity contribution in [1.29, 1.82) is 5.26 Å². The molecule has 0 saturated heterocycles. The van der Waals surface area contributed by atoms with Gasteiger partial charge in [-0.3, -0.25) is 0 Å². The Bertz CT molecular complexity index is 915. The zero-order valence-electron chi connectivity index (χ0n) is 24.5. The number of hydrogen-bond donors (Lipinski definition) is 0. The second kappa shape index (κ2) is 17.3. The molecule has 0 atom stereocenters. The summed E-state index contributed by atoms with van der Waals surface area (Å²) in [4.78, 5) is 0. The Morgan fingerprint density at radius 3 is 1.74 bits per heavy atom. The Hall–Kier alpha value is -2.27. The molecule has 0 amide bonds. The van der Waals surface area contributed by atoms with Crippen molar-refractivity contribution in [2.45, 2.75) is 135 Å². The molecule has 0 radical (unpaired) electrons. The van der Waals surface area contributed by atoms with Gasteiger partial charge in [0.2, 0.25) is 0 Å². The van der Waals surface area contributed by atoms with Crippen LogP contribution in [-0.4, -0.2) is 6.61 Å². The minimum Gasteiger partial charge on any atom is -0.494 e. The van der Waals surface area contributed by atoms with Gasteiger partial charge in [0.15, 0.2) is 0 Å². The summed E-state index contributed by atoms with van der Waals surface area (Å²) in [7, 11) is 0. The van der Waals surface area contributed by atoms with E-state index in [1.165, 1.54) is 93.7 Å². The van der Waals surface area contributed by atoms with Crippen molar-refractivity contribution in [3.05, 3.63) is 54.1 Å². The Labute approximate surface area is 234 Å². The smallest absolute Gasteiger partial charge is 0.119 e. The number of unbranched alkanes of at least 4 members (excludes halogenated alkanes) is 11. The van der Waals surface area contributed by atoms with Crippen LogP contribution < -0.4 is 4.74 Å². The van der Waals surface area contributed by atoms with Crippen molar-refractivity contribution >= 4 is 0 Å². The van der Waals surface area contributed by atoms with E-state index in [0.29, 0.717) is 5.92 Å². The predicted molar refractivity (Wildman–Crippen MR) is 163 cm³/mol. The van der Waals surface area contributed by atoms with Crippen LogP contribution in [0.5, 0.6) is 5.75 Å². The molecule has 0 N–H and O–H groups in total. The fourth-order valence-electron chi connectivity index (χ4n) is 6.11. The fourth-order valence-corrected chi connectivity index (χ4v) is 6.11. The van der Waals surface area contributed by atoms with Gasteiger partial charge >= 0.3 is 0 Å². The molecule has 1 fully saturated rings. The minimum atomic E-state index is -0.0707. The van der Waals surface area contributed by atoms with Crippen LogP contribution in [0.2, 0.25) is 0 Å². The molecule has 2 heteroatoms. The first-order chi connectivity index (χ1) is 18.7. The van der Waals surface area contributed by atoms with E-state index >= 15 is 0 Å². The first-order valence-corrected chi connectivity index (χ1v) is 15.9. The average molecular weight is 516 g/mol. The molecule has 2 nitrogen and oxygen atoms in total. The predicted octanol–water partition coefficient (Wildman–Crippen LogP) is 11.4. The van der Waals surface area contributed by atoms with Crippen LogP contribution in [0.1, 0.15) is 141 Å². The van der Waals surface area contributed by atoms with Gasteiger partial charge in [0.25, 0.3) is 0 Å². The van der Waals surface area contributed by atoms with Gasteiger partial charge in [-0.2, -0.15) is 5.26 Å². The zero-order chi connectivity index (χ0) is 26.9. The van der Waals surface area contributed by atoms with Gasteiger partial charge in [0.1, 0.15) is 5.75 Å². The lowest BCUT2D eigenvalue weighted by Gasteiger charge is -2.35. The highest BCUT2D eigenvalue weighted by atomic mass is 16.5. The molecule has 0 spiro atoms. The molecule has 0 aromatic heterocycles. The molecular formula is C36H53NO. The normalized spacial score (nSPS) is 19.2. The van der Waals surface area contributed by atoms with Gasteiger partial charge in [-0.05, 0) is 73.3 Å². The van der Waals surface area contributed by atoms with Crippen molar-refractivity contribution in [3.63, 3.8) is 0 Å². The molecule has 1 saturated carbocycles. The Kier molecular flexibility index (Phi) is 13.8. The molecule has 0 bridgehead atoms. The van der Waals surface area contributed by atoms with E-state index in [-0.39, 0.29) is 5.41 Å². The molecule has 208 valence electrons. The van der Waals surface area contributed by atoms with E-state index in [2.05, 4.69) is 68.4 Å². The van der Waals surface area contributed by atoms with Crippen LogP contribution in [0.4, 0.5) is 0 Å². The molecule has 0 unspecified atom stereocenters. The zero-order valence-corrected chi connectivity index (χ0v) is 24.5. The molecule has 2 aromatic carbocycles. The molecule has 0 aliphatic heterocycles. The third kappa shape index (κ3) is 10.1. The second-order valence-electron chi connectivity index (χ2n) is 11.8. The summed E-state index contributed by atoms with van der Waals surface area (Å²) in [5.74, 6) is 1.57. The maximum Gasteiger partial charge on any atom is 0.119 e. The first kappa shape index (κ1) is 30.3. The van der Waals surface area contributed by atoms with Gasteiger partial charge < -0.3 is 4.74 Å². The summed E-state index contributed by atoms with van der Waals surface area (Å²) in [6.45, 7) is 5.34. The minimum absolute atomic E-state index is 0.0707. The number of nitriles is 1. The van der Waals surface area contributed by atoms with Crippen molar-refractivity contribution in [3.8, 4) is 22.9 Å². The third-order valence-electron chi connectivity index (χ3n) is 8.78. The van der Waals surface area contributed by atoms with E-state index in [1.807, 2.05) is 0 Å². The van der Waals surface area contributed by atoms with Gasteiger partial charge in [-0.25, -0.2) is 0 Å². The van der Waals surface area contributed by atoms with E-state index in [9.17, 15) is 5.26 Å². The van der Waals surface area contributed by atoms with Crippen LogP contribution in [0.3, 0.4) is 0 Å². The quantitative estimate of drug-likeness (QED) is 0.185. The summed E-state index contributed by atoms with van der Waals surface area (Å²) < 4.78 is 5.96. The maximum atomic E-state index is 9.99. The fraction of sp³-hybridized carbons (Fsp3) is 0.639. The molecule has 3 rings (SSSR count). The van der Waals surface area contributed by atoms with Crippen LogP contribution in [-0.2, 0) is 0 Å². The molecule has 38 heavy (non-hydrogen) atoms. The van der Waals surface area contributed by atoms with Crippen LogP contribution in [0.15, 0.2) is 48.5 Å². The average Bonchev–Trinajstić information content (AvgIpc) is 2.97. The Balaban J connectivity index is 1.40. The lowest BCUT2D eigenvalue weighted by atomic mass is 9.67.